The van der Waals surface area contributed by atoms with Crippen LogP contribution >= 0.6 is 0 Å². The van der Waals surface area contributed by atoms with Crippen molar-refractivity contribution in [3.05, 3.63) is 61.1 Å². The quantitative estimate of drug-likeness (QED) is 0.520. The predicted molar refractivity (Wildman–Crippen MR) is 116 cm³/mol. The van der Waals surface area contributed by atoms with Crippen molar-refractivity contribution in [3.8, 4) is 11.5 Å². The van der Waals surface area contributed by atoms with Gasteiger partial charge in [-0.1, -0.05) is 18.7 Å². The summed E-state index contributed by atoms with van der Waals surface area (Å²) in [7, 11) is 0. The molecule has 9 heteroatoms. The summed E-state index contributed by atoms with van der Waals surface area (Å²) in [5, 5.41) is 18.0. The molecule has 2 N–H and O–H groups in total. The standard InChI is InChI=1S/C21H22N8O/c1-13(2)15-8-9-16-10-19(27-29(16)11-15)25-21(30)24-18-7-5-6-17(23-18)20-26-22-12-28(20)14(3)4/h5-12,14H,1H2,2-4H3,(H2,23,24,25,27,30). The van der Waals surface area contributed by atoms with Crippen LogP contribution in [0.3, 0.4) is 0 Å². The smallest absolute Gasteiger partial charge is 0.310 e. The van der Waals surface area contributed by atoms with Crippen molar-refractivity contribution in [1.82, 2.24) is 29.4 Å². The van der Waals surface area contributed by atoms with Crippen LogP contribution in [-0.2, 0) is 0 Å². The SMILES string of the molecule is C=C(C)c1ccc2cc(NC(=O)Nc3cccc(-c4nncn4C(C)C)n3)nn2c1. The van der Waals surface area contributed by atoms with Crippen LogP contribution in [0.5, 0.6) is 0 Å². The minimum atomic E-state index is -0.437. The normalized spacial score (nSPS) is 11.1. The Morgan fingerprint density at radius 3 is 2.70 bits per heavy atom. The molecule has 0 unspecified atom stereocenters. The number of nitrogens with one attached hydrogen (secondary N) is 2. The Labute approximate surface area is 173 Å². The van der Waals surface area contributed by atoms with Crippen LogP contribution in [0.25, 0.3) is 22.6 Å². The molecule has 0 aliphatic heterocycles. The van der Waals surface area contributed by atoms with Crippen molar-refractivity contribution in [2.45, 2.75) is 26.8 Å². The van der Waals surface area contributed by atoms with Crippen LogP contribution in [0.1, 0.15) is 32.4 Å². The van der Waals surface area contributed by atoms with Gasteiger partial charge < -0.3 is 4.57 Å². The molecule has 30 heavy (non-hydrogen) atoms. The molecule has 0 saturated heterocycles. The molecule has 0 saturated carbocycles. The number of aromatic nitrogens is 6. The number of carbonyl (C=O) groups excluding carboxylic acids is 1. The van der Waals surface area contributed by atoms with Gasteiger partial charge in [0.1, 0.15) is 17.8 Å². The van der Waals surface area contributed by atoms with Gasteiger partial charge in [-0.2, -0.15) is 0 Å². The number of allylic oxidation sites excluding steroid dienone is 1. The zero-order valence-corrected chi connectivity index (χ0v) is 17.0. The van der Waals surface area contributed by atoms with Crippen LogP contribution in [-0.4, -0.2) is 35.4 Å². The molecule has 0 aliphatic carbocycles. The molecular formula is C21H22N8O. The Bertz CT molecular complexity index is 1240. The fraction of sp³-hybridized carbons (Fsp3) is 0.190. The van der Waals surface area contributed by atoms with E-state index in [0.717, 1.165) is 16.7 Å². The van der Waals surface area contributed by atoms with Crippen LogP contribution < -0.4 is 10.6 Å². The van der Waals surface area contributed by atoms with Crippen molar-refractivity contribution in [3.63, 3.8) is 0 Å². The van der Waals surface area contributed by atoms with E-state index < -0.39 is 6.03 Å². The van der Waals surface area contributed by atoms with Gasteiger partial charge in [-0.25, -0.2) is 14.3 Å². The lowest BCUT2D eigenvalue weighted by Gasteiger charge is -2.10. The van der Waals surface area contributed by atoms with Crippen molar-refractivity contribution >= 4 is 28.8 Å². The first kappa shape index (κ1) is 19.3. The molecule has 4 heterocycles. The molecule has 0 fully saturated rings. The highest BCUT2D eigenvalue weighted by atomic mass is 16.2. The number of nitrogens with zero attached hydrogens (tertiary/aromatic N) is 6. The van der Waals surface area contributed by atoms with Crippen LogP contribution in [0.15, 0.2) is 55.5 Å². The molecule has 4 aromatic heterocycles. The summed E-state index contributed by atoms with van der Waals surface area (Å²) in [5.41, 5.74) is 3.42. The minimum Gasteiger partial charge on any atom is -0.310 e. The molecule has 2 amide bonds. The molecule has 0 aliphatic rings. The minimum absolute atomic E-state index is 0.192. The number of anilines is 2. The number of carbonyl (C=O) groups is 1. The van der Waals surface area contributed by atoms with Gasteiger partial charge in [-0.05, 0) is 50.1 Å². The van der Waals surface area contributed by atoms with Crippen LogP contribution in [0, 0.1) is 0 Å². The molecule has 0 radical (unpaired) electrons. The van der Waals surface area contributed by atoms with E-state index in [-0.39, 0.29) is 6.04 Å². The third kappa shape index (κ3) is 3.90. The molecule has 0 spiro atoms. The number of amides is 2. The summed E-state index contributed by atoms with van der Waals surface area (Å²) < 4.78 is 3.62. The van der Waals surface area contributed by atoms with Gasteiger partial charge in [0.05, 0.1) is 5.52 Å². The Balaban J connectivity index is 1.50. The third-order valence-corrected chi connectivity index (χ3v) is 4.54. The third-order valence-electron chi connectivity index (χ3n) is 4.54. The lowest BCUT2D eigenvalue weighted by Crippen LogP contribution is -2.20. The fourth-order valence-corrected chi connectivity index (χ4v) is 3.00. The lowest BCUT2D eigenvalue weighted by molar-refractivity contribution is 0.262. The monoisotopic (exact) mass is 402 g/mol. The Kier molecular flexibility index (Phi) is 5.01. The van der Waals surface area contributed by atoms with E-state index in [4.69, 9.17) is 0 Å². The highest BCUT2D eigenvalue weighted by Crippen LogP contribution is 2.20. The first-order valence-corrected chi connectivity index (χ1v) is 9.51. The second-order valence-corrected chi connectivity index (χ2v) is 7.24. The Hall–Kier alpha value is -4.01. The predicted octanol–water partition coefficient (Wildman–Crippen LogP) is 4.25. The Morgan fingerprint density at radius 1 is 1.13 bits per heavy atom. The maximum Gasteiger partial charge on any atom is 0.326 e. The maximum absolute atomic E-state index is 12.4. The van der Waals surface area contributed by atoms with Crippen LogP contribution in [0.2, 0.25) is 0 Å². The topological polar surface area (TPSA) is 102 Å². The van der Waals surface area contributed by atoms with Gasteiger partial charge in [0.2, 0.25) is 0 Å². The number of fused-ring (bicyclic) bond motifs is 1. The van der Waals surface area contributed by atoms with Gasteiger partial charge in [-0.15, -0.1) is 15.3 Å². The van der Waals surface area contributed by atoms with Gasteiger partial charge in [0, 0.05) is 18.3 Å². The number of hydrogen-bond donors (Lipinski definition) is 2. The zero-order chi connectivity index (χ0) is 21.3. The summed E-state index contributed by atoms with van der Waals surface area (Å²) >= 11 is 0. The molecular weight excluding hydrogens is 380 g/mol. The molecule has 152 valence electrons. The average Bonchev–Trinajstić information content (AvgIpc) is 3.34. The molecule has 4 rings (SSSR count). The summed E-state index contributed by atoms with van der Waals surface area (Å²) in [6, 6.07) is 10.8. The number of rotatable bonds is 5. The molecule has 0 atom stereocenters. The van der Waals surface area contributed by atoms with Crippen molar-refractivity contribution in [2.24, 2.45) is 0 Å². The van der Waals surface area contributed by atoms with Gasteiger partial charge in [0.15, 0.2) is 11.6 Å². The largest absolute Gasteiger partial charge is 0.326 e. The maximum atomic E-state index is 12.4. The summed E-state index contributed by atoms with van der Waals surface area (Å²) in [4.78, 5) is 16.9. The first-order valence-electron chi connectivity index (χ1n) is 9.51. The van der Waals surface area contributed by atoms with E-state index in [9.17, 15) is 4.79 Å². The van der Waals surface area contributed by atoms with E-state index in [2.05, 4.69) is 37.5 Å². The Morgan fingerprint density at radius 2 is 1.93 bits per heavy atom. The number of pyridine rings is 2. The van der Waals surface area contributed by atoms with E-state index >= 15 is 0 Å². The summed E-state index contributed by atoms with van der Waals surface area (Å²) in [6.07, 6.45) is 3.54. The highest BCUT2D eigenvalue weighted by molar-refractivity contribution is 5.99. The highest BCUT2D eigenvalue weighted by Gasteiger charge is 2.13. The molecule has 9 nitrogen and oxygen atoms in total. The fourth-order valence-electron chi connectivity index (χ4n) is 3.00. The van der Waals surface area contributed by atoms with Crippen molar-refractivity contribution in [1.29, 1.82) is 0 Å². The second-order valence-electron chi connectivity index (χ2n) is 7.24. The first-order chi connectivity index (χ1) is 14.4. The van der Waals surface area contributed by atoms with E-state index in [1.165, 1.54) is 0 Å². The van der Waals surface area contributed by atoms with E-state index in [1.54, 1.807) is 29.0 Å². The molecule has 4 aromatic rings. The van der Waals surface area contributed by atoms with E-state index in [0.29, 0.717) is 23.2 Å². The van der Waals surface area contributed by atoms with Gasteiger partial charge in [0.25, 0.3) is 0 Å². The van der Waals surface area contributed by atoms with Gasteiger partial charge >= 0.3 is 6.03 Å². The van der Waals surface area contributed by atoms with Gasteiger partial charge in [-0.3, -0.25) is 10.6 Å². The zero-order valence-electron chi connectivity index (χ0n) is 17.0. The molecule has 0 bridgehead atoms. The lowest BCUT2D eigenvalue weighted by atomic mass is 10.1. The number of hydrogen-bond acceptors (Lipinski definition) is 5. The van der Waals surface area contributed by atoms with Crippen molar-refractivity contribution in [2.75, 3.05) is 10.6 Å². The second kappa shape index (κ2) is 7.78. The van der Waals surface area contributed by atoms with Crippen LogP contribution in [0.4, 0.5) is 16.4 Å². The average molecular weight is 402 g/mol. The number of urea groups is 1. The summed E-state index contributed by atoms with van der Waals surface area (Å²) in [5.74, 6) is 1.47. The van der Waals surface area contributed by atoms with Crippen molar-refractivity contribution < 1.29 is 4.79 Å². The molecule has 0 aromatic carbocycles. The van der Waals surface area contributed by atoms with E-state index in [1.807, 2.05) is 49.7 Å². The summed E-state index contributed by atoms with van der Waals surface area (Å²) in [6.45, 7) is 9.95.